The van der Waals surface area contributed by atoms with Crippen LogP contribution in [0.15, 0.2) is 84.9 Å². The van der Waals surface area contributed by atoms with Crippen LogP contribution < -0.4 is 15.9 Å². The van der Waals surface area contributed by atoms with Gasteiger partial charge in [-0.3, -0.25) is 0 Å². The minimum atomic E-state index is -3.97. The van der Waals surface area contributed by atoms with E-state index in [9.17, 15) is 18.1 Å². The predicted molar refractivity (Wildman–Crippen MR) is 136 cm³/mol. The summed E-state index contributed by atoms with van der Waals surface area (Å²) in [6.07, 6.45) is 5.96. The van der Waals surface area contributed by atoms with Gasteiger partial charge in [-0.05, 0) is 55.0 Å². The Hall–Kier alpha value is -2.20. The molecule has 3 aromatic carbocycles. The molecule has 0 bridgehead atoms. The first kappa shape index (κ1) is 26.1. The zero-order valence-electron chi connectivity index (χ0n) is 18.6. The van der Waals surface area contributed by atoms with Crippen LogP contribution in [0.2, 0.25) is 0 Å². The zero-order chi connectivity index (χ0) is 23.2. The Kier molecular flexibility index (Phi) is 11.4. The van der Waals surface area contributed by atoms with Crippen molar-refractivity contribution in [1.82, 2.24) is 0 Å². The molecule has 6 heteroatoms. The van der Waals surface area contributed by atoms with Crippen LogP contribution in [-0.4, -0.2) is 23.8 Å². The summed E-state index contributed by atoms with van der Waals surface area (Å²) >= 11 is 0. The molecule has 0 unspecified atom stereocenters. The summed E-state index contributed by atoms with van der Waals surface area (Å²) in [4.78, 5) is 0. The second kappa shape index (κ2) is 14.1. The summed E-state index contributed by atoms with van der Waals surface area (Å²) in [5.41, 5.74) is 0. The quantitative estimate of drug-likeness (QED) is 0.262. The fourth-order valence-electron chi connectivity index (χ4n) is 3.40. The molecular formula is C26H33O4PS. The maximum atomic E-state index is 10.2. The zero-order valence-corrected chi connectivity index (χ0v) is 20.4. The van der Waals surface area contributed by atoms with E-state index in [-0.39, 0.29) is 5.75 Å². The number of hydrogen-bond donors (Lipinski definition) is 1. The minimum absolute atomic E-state index is 0.195. The van der Waals surface area contributed by atoms with Crippen LogP contribution >= 0.6 is 7.92 Å². The fourth-order valence-corrected chi connectivity index (χ4v) is 6.51. The van der Waals surface area contributed by atoms with E-state index in [4.69, 9.17) is 0 Å². The van der Waals surface area contributed by atoms with Gasteiger partial charge in [0.25, 0.3) is 0 Å². The van der Waals surface area contributed by atoms with Crippen molar-refractivity contribution in [3.63, 3.8) is 0 Å². The van der Waals surface area contributed by atoms with Crippen molar-refractivity contribution in [2.75, 3.05) is 5.75 Å². The monoisotopic (exact) mass is 472 g/mol. The average molecular weight is 473 g/mol. The predicted octanol–water partition coefficient (Wildman–Crippen LogP) is 4.77. The van der Waals surface area contributed by atoms with Crippen LogP contribution in [0.1, 0.15) is 45.4 Å². The van der Waals surface area contributed by atoms with E-state index in [1.165, 1.54) is 28.8 Å². The Morgan fingerprint density at radius 2 is 1.12 bits per heavy atom. The van der Waals surface area contributed by atoms with Gasteiger partial charge < -0.3 is 9.66 Å². The molecule has 1 N–H and O–H groups in total. The number of aromatic hydroxyl groups is 1. The lowest BCUT2D eigenvalue weighted by atomic mass is 10.1. The van der Waals surface area contributed by atoms with Gasteiger partial charge in [0, 0.05) is 5.75 Å². The largest absolute Gasteiger partial charge is 0.748 e. The molecule has 3 rings (SSSR count). The van der Waals surface area contributed by atoms with Crippen LogP contribution in [0.3, 0.4) is 0 Å². The van der Waals surface area contributed by atoms with Crippen molar-refractivity contribution in [2.45, 2.75) is 45.4 Å². The number of unbranched alkanes of at least 4 members (excludes halogenated alkanes) is 5. The molecule has 0 spiro atoms. The first-order valence-electron chi connectivity index (χ1n) is 11.1. The van der Waals surface area contributed by atoms with Gasteiger partial charge in [-0.25, -0.2) is 8.42 Å². The highest BCUT2D eigenvalue weighted by Gasteiger charge is 2.24. The summed E-state index contributed by atoms with van der Waals surface area (Å²) in [5.74, 6) is 0.121. The number of benzene rings is 3. The maximum absolute atomic E-state index is 10.2. The Bertz CT molecular complexity index is 952. The Labute approximate surface area is 193 Å². The van der Waals surface area contributed by atoms with Gasteiger partial charge >= 0.3 is 0 Å². The Morgan fingerprint density at radius 1 is 0.688 bits per heavy atom. The first-order valence-corrected chi connectivity index (χ1v) is 14.2. The molecule has 0 saturated carbocycles. The fraction of sp³-hybridized carbons (Fsp3) is 0.308. The highest BCUT2D eigenvalue weighted by atomic mass is 32.2. The summed E-state index contributed by atoms with van der Waals surface area (Å²) < 4.78 is 30.5. The smallest absolute Gasteiger partial charge is 0.115 e. The Balaban J connectivity index is 0.000000262. The molecule has 3 aromatic rings. The number of phenols is 1. The molecule has 32 heavy (non-hydrogen) atoms. The highest BCUT2D eigenvalue weighted by molar-refractivity contribution is 7.85. The third-order valence-corrected chi connectivity index (χ3v) is 8.55. The Morgan fingerprint density at radius 3 is 1.59 bits per heavy atom. The van der Waals surface area contributed by atoms with Gasteiger partial charge in [-0.15, -0.1) is 0 Å². The lowest BCUT2D eigenvalue weighted by Gasteiger charge is -2.10. The van der Waals surface area contributed by atoms with Crippen molar-refractivity contribution in [2.24, 2.45) is 0 Å². The lowest BCUT2D eigenvalue weighted by molar-refractivity contribution is 0.459. The molecule has 0 aromatic heterocycles. The topological polar surface area (TPSA) is 77.4 Å². The van der Waals surface area contributed by atoms with E-state index in [1.54, 1.807) is 12.1 Å². The molecule has 0 saturated heterocycles. The van der Waals surface area contributed by atoms with Crippen LogP contribution in [-0.2, 0) is 10.1 Å². The second-order valence-electron chi connectivity index (χ2n) is 7.68. The van der Waals surface area contributed by atoms with Gasteiger partial charge in [0.2, 0.25) is 0 Å². The van der Waals surface area contributed by atoms with E-state index in [2.05, 4.69) is 55.5 Å². The normalized spacial score (nSPS) is 11.1. The van der Waals surface area contributed by atoms with E-state index in [1.807, 2.05) is 24.3 Å². The standard InChI is InChI=1S/C18H15OP.C8H18O3S/c19-15-11-13-18(14-12-15)20(16-7-3-1-4-8-16)17-9-5-2-6-10-17;1-2-3-4-5-6-7-8-12(9,10)11/h1-14,19H;2-8H2,1H3,(H,9,10,11). The molecule has 0 heterocycles. The summed E-state index contributed by atoms with van der Waals surface area (Å²) in [7, 11) is -4.97. The molecule has 4 nitrogen and oxygen atoms in total. The third kappa shape index (κ3) is 9.95. The summed E-state index contributed by atoms with van der Waals surface area (Å²) in [5, 5.41) is 13.5. The second-order valence-corrected chi connectivity index (χ2v) is 11.7. The van der Waals surface area contributed by atoms with Crippen molar-refractivity contribution >= 4 is 34.0 Å². The van der Waals surface area contributed by atoms with Crippen LogP contribution in [0.5, 0.6) is 5.75 Å². The van der Waals surface area contributed by atoms with Gasteiger partial charge in [-0.1, -0.05) is 75.4 Å². The summed E-state index contributed by atoms with van der Waals surface area (Å²) in [6.45, 7) is 2.13. The highest BCUT2D eigenvalue weighted by Crippen LogP contribution is 2.32. The van der Waals surface area contributed by atoms with E-state index in [0.29, 0.717) is 12.2 Å². The van der Waals surface area contributed by atoms with Crippen molar-refractivity contribution in [1.29, 1.82) is 0 Å². The van der Waals surface area contributed by atoms with Gasteiger partial charge in [0.05, 0.1) is 18.0 Å². The van der Waals surface area contributed by atoms with Gasteiger partial charge in [0.1, 0.15) is 21.7 Å². The van der Waals surface area contributed by atoms with Crippen molar-refractivity contribution < 1.29 is 18.1 Å². The lowest BCUT2D eigenvalue weighted by Crippen LogP contribution is -2.20. The van der Waals surface area contributed by atoms with Crippen molar-refractivity contribution in [3.05, 3.63) is 84.9 Å². The van der Waals surface area contributed by atoms with Gasteiger partial charge in [-0.2, -0.15) is 0 Å². The van der Waals surface area contributed by atoms with Crippen LogP contribution in [0, 0.1) is 0 Å². The number of rotatable bonds is 10. The molecule has 0 aliphatic heterocycles. The molecular weight excluding hydrogens is 439 g/mol. The minimum Gasteiger partial charge on any atom is -0.748 e. The molecule has 0 aliphatic carbocycles. The molecule has 0 aliphatic rings. The van der Waals surface area contributed by atoms with E-state index >= 15 is 0 Å². The molecule has 0 atom stereocenters. The van der Waals surface area contributed by atoms with Crippen LogP contribution in [0.4, 0.5) is 0 Å². The van der Waals surface area contributed by atoms with Crippen molar-refractivity contribution in [3.8, 4) is 5.75 Å². The first-order chi connectivity index (χ1) is 15.4. The molecule has 0 fully saturated rings. The molecule has 172 valence electrons. The van der Waals surface area contributed by atoms with E-state index < -0.39 is 18.0 Å². The molecule has 0 amide bonds. The van der Waals surface area contributed by atoms with Crippen LogP contribution in [0.25, 0.3) is 0 Å². The SMILES string of the molecule is CCCCCCCCS(=O)(=O)[O-].Oc1ccc([PH+](c2ccccc2)c2ccccc2)cc1. The number of phenolic OH excluding ortho intramolecular Hbond substituents is 1. The third-order valence-electron chi connectivity index (χ3n) is 5.03. The molecule has 0 radical (unpaired) electrons. The maximum Gasteiger partial charge on any atom is 0.115 e. The summed E-state index contributed by atoms with van der Waals surface area (Å²) in [6, 6.07) is 28.8. The number of hydrogen-bond acceptors (Lipinski definition) is 4. The van der Waals surface area contributed by atoms with Gasteiger partial charge in [0.15, 0.2) is 0 Å². The average Bonchev–Trinajstić information content (AvgIpc) is 2.79. The van der Waals surface area contributed by atoms with E-state index in [0.717, 1.165) is 19.3 Å².